The number of rotatable bonds is 3. The molecule has 1 N–H and O–H groups in total. The Morgan fingerprint density at radius 2 is 2.21 bits per heavy atom. The third-order valence-corrected chi connectivity index (χ3v) is 3.81. The molecule has 2 aromatic heterocycles. The SMILES string of the molecule is C[C@@H](NC(=O)c1ncc(C(C)(C)C)o1)c1cccs1. The predicted molar refractivity (Wildman–Crippen MR) is 75.4 cm³/mol. The first-order chi connectivity index (χ1) is 8.88. The molecule has 19 heavy (non-hydrogen) atoms. The highest BCUT2D eigenvalue weighted by molar-refractivity contribution is 7.10. The Kier molecular flexibility index (Phi) is 3.75. The summed E-state index contributed by atoms with van der Waals surface area (Å²) >= 11 is 1.61. The molecule has 0 saturated heterocycles. The topological polar surface area (TPSA) is 55.1 Å². The largest absolute Gasteiger partial charge is 0.437 e. The minimum Gasteiger partial charge on any atom is -0.437 e. The number of oxazole rings is 1. The van der Waals surface area contributed by atoms with Gasteiger partial charge in [0, 0.05) is 10.3 Å². The van der Waals surface area contributed by atoms with Gasteiger partial charge in [-0.1, -0.05) is 26.8 Å². The number of nitrogens with zero attached hydrogens (tertiary/aromatic N) is 1. The summed E-state index contributed by atoms with van der Waals surface area (Å²) in [7, 11) is 0. The maximum absolute atomic E-state index is 12.0. The number of thiophene rings is 1. The van der Waals surface area contributed by atoms with Crippen LogP contribution in [0.25, 0.3) is 0 Å². The molecule has 0 radical (unpaired) electrons. The van der Waals surface area contributed by atoms with Crippen LogP contribution in [0.5, 0.6) is 0 Å². The highest BCUT2D eigenvalue weighted by Gasteiger charge is 2.22. The summed E-state index contributed by atoms with van der Waals surface area (Å²) in [5.74, 6) is 0.547. The maximum atomic E-state index is 12.0. The number of nitrogens with one attached hydrogen (secondary N) is 1. The third-order valence-electron chi connectivity index (χ3n) is 2.76. The van der Waals surface area contributed by atoms with Crippen LogP contribution in [0.1, 0.15) is 55.1 Å². The van der Waals surface area contributed by atoms with Crippen molar-refractivity contribution < 1.29 is 9.21 Å². The minimum atomic E-state index is -0.281. The van der Waals surface area contributed by atoms with E-state index < -0.39 is 0 Å². The smallest absolute Gasteiger partial charge is 0.307 e. The molecular formula is C14H18N2O2S. The van der Waals surface area contributed by atoms with E-state index in [0.717, 1.165) is 4.88 Å². The average Bonchev–Trinajstić information content (AvgIpc) is 3.00. The second-order valence-electron chi connectivity index (χ2n) is 5.49. The van der Waals surface area contributed by atoms with Gasteiger partial charge in [0.05, 0.1) is 12.2 Å². The first-order valence-corrected chi connectivity index (χ1v) is 7.06. The van der Waals surface area contributed by atoms with E-state index >= 15 is 0 Å². The van der Waals surface area contributed by atoms with Crippen molar-refractivity contribution in [1.29, 1.82) is 0 Å². The molecule has 0 aliphatic carbocycles. The summed E-state index contributed by atoms with van der Waals surface area (Å²) in [6, 6.07) is 3.91. The third kappa shape index (κ3) is 3.23. The fourth-order valence-electron chi connectivity index (χ4n) is 1.59. The van der Waals surface area contributed by atoms with Gasteiger partial charge in [-0.15, -0.1) is 11.3 Å². The molecule has 2 rings (SSSR count). The van der Waals surface area contributed by atoms with Gasteiger partial charge in [0.25, 0.3) is 5.89 Å². The normalized spacial score (nSPS) is 13.3. The van der Waals surface area contributed by atoms with Crippen molar-refractivity contribution in [2.75, 3.05) is 0 Å². The summed E-state index contributed by atoms with van der Waals surface area (Å²) in [5.41, 5.74) is -0.148. The number of aromatic nitrogens is 1. The van der Waals surface area contributed by atoms with Gasteiger partial charge in [0.2, 0.25) is 0 Å². The van der Waals surface area contributed by atoms with E-state index in [1.54, 1.807) is 17.5 Å². The summed E-state index contributed by atoms with van der Waals surface area (Å²) in [6.45, 7) is 7.99. The summed E-state index contributed by atoms with van der Waals surface area (Å²) in [4.78, 5) is 17.2. The van der Waals surface area contributed by atoms with Crippen molar-refractivity contribution in [3.8, 4) is 0 Å². The molecule has 0 unspecified atom stereocenters. The average molecular weight is 278 g/mol. The Morgan fingerprint density at radius 1 is 1.47 bits per heavy atom. The summed E-state index contributed by atoms with van der Waals surface area (Å²) < 4.78 is 5.51. The molecule has 0 spiro atoms. The molecule has 2 heterocycles. The number of hydrogen-bond donors (Lipinski definition) is 1. The molecule has 5 heteroatoms. The first kappa shape index (κ1) is 13.8. The van der Waals surface area contributed by atoms with Gasteiger partial charge in [0.15, 0.2) is 0 Å². The van der Waals surface area contributed by atoms with E-state index in [-0.39, 0.29) is 23.3 Å². The first-order valence-electron chi connectivity index (χ1n) is 6.18. The molecule has 0 aliphatic heterocycles. The molecular weight excluding hydrogens is 260 g/mol. The lowest BCUT2D eigenvalue weighted by atomic mass is 9.94. The Bertz CT molecular complexity index is 552. The van der Waals surface area contributed by atoms with Crippen molar-refractivity contribution in [1.82, 2.24) is 10.3 Å². The second kappa shape index (κ2) is 5.17. The zero-order valence-corrected chi connectivity index (χ0v) is 12.4. The predicted octanol–water partition coefficient (Wildman–Crippen LogP) is 3.52. The Labute approximate surface area is 116 Å². The van der Waals surface area contributed by atoms with Gasteiger partial charge < -0.3 is 9.73 Å². The molecule has 2 aromatic rings. The minimum absolute atomic E-state index is 0.0440. The van der Waals surface area contributed by atoms with Crippen LogP contribution >= 0.6 is 11.3 Å². The van der Waals surface area contributed by atoms with Crippen LogP contribution in [0.3, 0.4) is 0 Å². The summed E-state index contributed by atoms with van der Waals surface area (Å²) in [5, 5.41) is 4.87. The molecule has 0 aliphatic rings. The molecule has 102 valence electrons. The fourth-order valence-corrected chi connectivity index (χ4v) is 2.33. The fraction of sp³-hybridized carbons (Fsp3) is 0.429. The zero-order valence-electron chi connectivity index (χ0n) is 11.6. The van der Waals surface area contributed by atoms with Crippen molar-refractivity contribution in [2.45, 2.75) is 39.2 Å². The van der Waals surface area contributed by atoms with Crippen molar-refractivity contribution in [2.24, 2.45) is 0 Å². The van der Waals surface area contributed by atoms with E-state index in [2.05, 4.69) is 10.3 Å². The van der Waals surface area contributed by atoms with Gasteiger partial charge in [0.1, 0.15) is 5.76 Å². The molecule has 1 amide bonds. The lowest BCUT2D eigenvalue weighted by Crippen LogP contribution is -2.26. The standard InChI is InChI=1S/C14H18N2O2S/c1-9(10-6-5-7-19-10)16-12(17)13-15-8-11(18-13)14(2,3)4/h5-9H,1-4H3,(H,16,17)/t9-/m1/s1. The van der Waals surface area contributed by atoms with E-state index in [1.165, 1.54) is 0 Å². The van der Waals surface area contributed by atoms with E-state index in [9.17, 15) is 4.79 Å². The number of hydrogen-bond acceptors (Lipinski definition) is 4. The monoisotopic (exact) mass is 278 g/mol. The Morgan fingerprint density at radius 3 is 2.74 bits per heavy atom. The van der Waals surface area contributed by atoms with Crippen LogP contribution in [0.15, 0.2) is 28.1 Å². The second-order valence-corrected chi connectivity index (χ2v) is 6.47. The quantitative estimate of drug-likeness (QED) is 0.934. The Hall–Kier alpha value is -1.62. The van der Waals surface area contributed by atoms with Crippen molar-refractivity contribution in [3.63, 3.8) is 0 Å². The Balaban J connectivity index is 2.06. The van der Waals surface area contributed by atoms with E-state index in [1.807, 2.05) is 45.2 Å². The van der Waals surface area contributed by atoms with E-state index in [4.69, 9.17) is 4.42 Å². The van der Waals surface area contributed by atoms with Crippen LogP contribution in [-0.4, -0.2) is 10.9 Å². The van der Waals surface area contributed by atoms with E-state index in [0.29, 0.717) is 5.76 Å². The van der Waals surface area contributed by atoms with Crippen LogP contribution in [0.2, 0.25) is 0 Å². The van der Waals surface area contributed by atoms with Crippen LogP contribution in [0.4, 0.5) is 0 Å². The van der Waals surface area contributed by atoms with Gasteiger partial charge in [-0.3, -0.25) is 4.79 Å². The number of carbonyl (C=O) groups is 1. The number of amides is 1. The lowest BCUT2D eigenvalue weighted by molar-refractivity contribution is 0.0902. The molecule has 1 atom stereocenters. The molecule has 4 nitrogen and oxygen atoms in total. The van der Waals surface area contributed by atoms with Crippen molar-refractivity contribution >= 4 is 17.2 Å². The van der Waals surface area contributed by atoms with Gasteiger partial charge in [-0.05, 0) is 18.4 Å². The zero-order chi connectivity index (χ0) is 14.0. The molecule has 0 bridgehead atoms. The maximum Gasteiger partial charge on any atom is 0.307 e. The number of carbonyl (C=O) groups excluding carboxylic acids is 1. The van der Waals surface area contributed by atoms with Crippen LogP contribution in [0, 0.1) is 0 Å². The van der Waals surface area contributed by atoms with Crippen LogP contribution in [-0.2, 0) is 5.41 Å². The van der Waals surface area contributed by atoms with Gasteiger partial charge in [-0.2, -0.15) is 0 Å². The highest BCUT2D eigenvalue weighted by atomic mass is 32.1. The molecule has 0 aromatic carbocycles. The van der Waals surface area contributed by atoms with Crippen LogP contribution < -0.4 is 5.32 Å². The summed E-state index contributed by atoms with van der Waals surface area (Å²) in [6.07, 6.45) is 1.62. The molecule has 0 fully saturated rings. The highest BCUT2D eigenvalue weighted by Crippen LogP contribution is 2.23. The lowest BCUT2D eigenvalue weighted by Gasteiger charge is -2.13. The molecule has 0 saturated carbocycles. The van der Waals surface area contributed by atoms with Gasteiger partial charge >= 0.3 is 5.91 Å². The van der Waals surface area contributed by atoms with Crippen molar-refractivity contribution in [3.05, 3.63) is 40.2 Å². The van der Waals surface area contributed by atoms with Gasteiger partial charge in [-0.25, -0.2) is 4.98 Å².